The molecular weight excluding hydrogens is 483 g/mol. The number of rotatable bonds is 6. The maximum atomic E-state index is 13.8. The number of hydrogen-bond donors (Lipinski definition) is 1. The molecule has 12 heteroatoms. The first-order chi connectivity index (χ1) is 16.4. The molecule has 190 valence electrons. The number of aliphatic hydroxyl groups is 1. The van der Waals surface area contributed by atoms with Crippen molar-refractivity contribution < 1.29 is 26.7 Å². The van der Waals surface area contributed by atoms with Crippen molar-refractivity contribution in [3.05, 3.63) is 41.0 Å². The summed E-state index contributed by atoms with van der Waals surface area (Å²) < 4.78 is 67.8. The lowest BCUT2D eigenvalue weighted by Crippen LogP contribution is -2.42. The first-order valence-electron chi connectivity index (χ1n) is 11.4. The Bertz CT molecular complexity index is 1370. The van der Waals surface area contributed by atoms with E-state index in [-0.39, 0.29) is 34.3 Å². The van der Waals surface area contributed by atoms with Gasteiger partial charge in [-0.25, -0.2) is 23.4 Å². The van der Waals surface area contributed by atoms with Crippen LogP contribution in [0, 0.1) is 5.92 Å². The van der Waals surface area contributed by atoms with Gasteiger partial charge in [0.1, 0.15) is 5.82 Å². The van der Waals surface area contributed by atoms with Crippen LogP contribution >= 0.6 is 0 Å². The normalized spacial score (nSPS) is 16.8. The monoisotopic (exact) mass is 511 g/mol. The summed E-state index contributed by atoms with van der Waals surface area (Å²) in [5.74, 6) is 0.512. The summed E-state index contributed by atoms with van der Waals surface area (Å²) >= 11 is 0. The standard InChI is InChI=1S/C23H28F3N5O3S/c1-5-6-14-11-27-22(29-20(14)23(24,25)26)31-8-7-30-17-10-18(35(4,33)34)15(12-32)9-16(17)28-21(30)19(31)13(2)3/h9-11,13,19,32H,5-8,12H2,1-4H3. The Morgan fingerprint density at radius 3 is 2.46 bits per heavy atom. The first kappa shape index (κ1) is 25.4. The highest BCUT2D eigenvalue weighted by molar-refractivity contribution is 7.90. The number of hydrogen-bond acceptors (Lipinski definition) is 7. The van der Waals surface area contributed by atoms with Gasteiger partial charge in [-0.15, -0.1) is 0 Å². The minimum Gasteiger partial charge on any atom is -0.392 e. The molecule has 0 saturated carbocycles. The van der Waals surface area contributed by atoms with Crippen LogP contribution in [0.3, 0.4) is 0 Å². The zero-order valence-corrected chi connectivity index (χ0v) is 20.8. The Morgan fingerprint density at radius 1 is 1.17 bits per heavy atom. The lowest BCUT2D eigenvalue weighted by molar-refractivity contribution is -0.141. The van der Waals surface area contributed by atoms with Crippen molar-refractivity contribution in [1.82, 2.24) is 19.5 Å². The summed E-state index contributed by atoms with van der Waals surface area (Å²) in [5.41, 5.74) is 0.505. The Balaban J connectivity index is 1.86. The molecule has 1 aliphatic rings. The lowest BCUT2D eigenvalue weighted by Gasteiger charge is -2.38. The average Bonchev–Trinajstić information content (AvgIpc) is 3.14. The molecule has 0 amide bonds. The second kappa shape index (κ2) is 9.05. The molecule has 1 N–H and O–H groups in total. The highest BCUT2D eigenvalue weighted by atomic mass is 32.2. The highest BCUT2D eigenvalue weighted by Crippen LogP contribution is 2.39. The summed E-state index contributed by atoms with van der Waals surface area (Å²) in [6, 6.07) is 2.63. The van der Waals surface area contributed by atoms with E-state index >= 15 is 0 Å². The van der Waals surface area contributed by atoms with Crippen LogP contribution in [0.2, 0.25) is 0 Å². The molecule has 0 bridgehead atoms. The fourth-order valence-electron chi connectivity index (χ4n) is 4.75. The van der Waals surface area contributed by atoms with Crippen molar-refractivity contribution in [2.24, 2.45) is 5.92 Å². The Hall–Kier alpha value is -2.73. The van der Waals surface area contributed by atoms with E-state index in [1.807, 2.05) is 18.4 Å². The number of sulfone groups is 1. The SMILES string of the molecule is CCCc1cnc(N2CCn3c(nc4cc(CO)c(S(C)(=O)=O)cc43)C2C(C)C)nc1C(F)(F)F. The van der Waals surface area contributed by atoms with E-state index in [1.54, 1.807) is 17.9 Å². The minimum atomic E-state index is -4.60. The molecule has 0 saturated heterocycles. The third-order valence-electron chi connectivity index (χ3n) is 6.22. The van der Waals surface area contributed by atoms with Crippen molar-refractivity contribution >= 4 is 26.8 Å². The maximum absolute atomic E-state index is 13.8. The molecule has 0 radical (unpaired) electrons. The van der Waals surface area contributed by atoms with Crippen molar-refractivity contribution in [2.45, 2.75) is 63.9 Å². The molecule has 4 rings (SSSR count). The fourth-order valence-corrected chi connectivity index (χ4v) is 5.67. The number of nitrogens with zero attached hydrogens (tertiary/aromatic N) is 5. The quantitative estimate of drug-likeness (QED) is 0.535. The van der Waals surface area contributed by atoms with Crippen LogP contribution in [0.15, 0.2) is 23.2 Å². The molecule has 1 aromatic carbocycles. The number of imidazole rings is 1. The van der Waals surface area contributed by atoms with Crippen molar-refractivity contribution in [1.29, 1.82) is 0 Å². The summed E-state index contributed by atoms with van der Waals surface area (Å²) in [6.45, 7) is 5.89. The van der Waals surface area contributed by atoms with Gasteiger partial charge >= 0.3 is 6.18 Å². The first-order valence-corrected chi connectivity index (χ1v) is 13.3. The van der Waals surface area contributed by atoms with E-state index in [2.05, 4.69) is 9.97 Å². The minimum absolute atomic E-state index is 0.0120. The smallest absolute Gasteiger partial charge is 0.392 e. The van der Waals surface area contributed by atoms with Gasteiger partial charge in [0.05, 0.1) is 28.6 Å². The summed E-state index contributed by atoms with van der Waals surface area (Å²) in [4.78, 5) is 14.7. The van der Waals surface area contributed by atoms with E-state index in [9.17, 15) is 26.7 Å². The molecule has 8 nitrogen and oxygen atoms in total. The number of aliphatic hydroxyl groups excluding tert-OH is 1. The molecular formula is C23H28F3N5O3S. The molecule has 1 aliphatic heterocycles. The van der Waals surface area contributed by atoms with Crippen LogP contribution in [0.5, 0.6) is 0 Å². The highest BCUT2D eigenvalue weighted by Gasteiger charge is 2.39. The van der Waals surface area contributed by atoms with Crippen molar-refractivity contribution in [3.8, 4) is 0 Å². The van der Waals surface area contributed by atoms with E-state index in [0.29, 0.717) is 36.4 Å². The fraction of sp³-hybridized carbons (Fsp3) is 0.522. The van der Waals surface area contributed by atoms with Gasteiger partial charge in [0.2, 0.25) is 5.95 Å². The summed E-state index contributed by atoms with van der Waals surface area (Å²) in [5, 5.41) is 9.71. The molecule has 2 aromatic heterocycles. The molecule has 0 fully saturated rings. The third-order valence-corrected chi connectivity index (χ3v) is 7.40. The average molecular weight is 512 g/mol. The van der Waals surface area contributed by atoms with Gasteiger partial charge in [-0.2, -0.15) is 13.2 Å². The summed E-state index contributed by atoms with van der Waals surface area (Å²) in [6.07, 6.45) is -1.48. The number of halogens is 3. The van der Waals surface area contributed by atoms with Crippen LogP contribution < -0.4 is 4.90 Å². The molecule has 3 heterocycles. The van der Waals surface area contributed by atoms with Crippen molar-refractivity contribution in [3.63, 3.8) is 0 Å². The largest absolute Gasteiger partial charge is 0.433 e. The van der Waals surface area contributed by atoms with Crippen molar-refractivity contribution in [2.75, 3.05) is 17.7 Å². The number of aromatic nitrogens is 4. The maximum Gasteiger partial charge on any atom is 0.433 e. The second-order valence-electron chi connectivity index (χ2n) is 9.17. The molecule has 0 spiro atoms. The van der Waals surface area contributed by atoms with Crippen LogP contribution in [0.25, 0.3) is 11.0 Å². The van der Waals surface area contributed by atoms with E-state index in [4.69, 9.17) is 4.98 Å². The van der Waals surface area contributed by atoms with E-state index in [1.165, 1.54) is 12.3 Å². The summed E-state index contributed by atoms with van der Waals surface area (Å²) in [7, 11) is -3.59. The van der Waals surface area contributed by atoms with Gasteiger partial charge in [0.25, 0.3) is 0 Å². The second-order valence-corrected chi connectivity index (χ2v) is 11.2. The van der Waals surface area contributed by atoms with Gasteiger partial charge in [-0.1, -0.05) is 27.2 Å². The Labute approximate surface area is 201 Å². The van der Waals surface area contributed by atoms with E-state index < -0.39 is 34.4 Å². The van der Waals surface area contributed by atoms with Crippen LogP contribution in [-0.2, 0) is 35.6 Å². The third kappa shape index (κ3) is 4.61. The number of alkyl halides is 3. The molecule has 3 aromatic rings. The molecule has 1 unspecified atom stereocenters. The Kier molecular flexibility index (Phi) is 6.56. The number of fused-ring (bicyclic) bond motifs is 3. The van der Waals surface area contributed by atoms with Gasteiger partial charge in [0, 0.05) is 31.1 Å². The zero-order chi connectivity index (χ0) is 25.7. The van der Waals surface area contributed by atoms with Crippen LogP contribution in [-0.4, -0.2) is 45.8 Å². The molecule has 0 aliphatic carbocycles. The van der Waals surface area contributed by atoms with Gasteiger partial charge in [-0.05, 0) is 30.0 Å². The Morgan fingerprint density at radius 2 is 1.89 bits per heavy atom. The molecule has 35 heavy (non-hydrogen) atoms. The predicted octanol–water partition coefficient (Wildman–Crippen LogP) is 3.91. The lowest BCUT2D eigenvalue weighted by atomic mass is 10.00. The molecule has 1 atom stereocenters. The van der Waals surface area contributed by atoms with Crippen LogP contribution in [0.1, 0.15) is 55.9 Å². The van der Waals surface area contributed by atoms with Crippen LogP contribution in [0.4, 0.5) is 19.1 Å². The van der Waals surface area contributed by atoms with E-state index in [0.717, 1.165) is 6.26 Å². The number of benzene rings is 1. The number of anilines is 1. The number of aryl methyl sites for hydroxylation is 1. The zero-order valence-electron chi connectivity index (χ0n) is 20.0. The van der Waals surface area contributed by atoms with Gasteiger partial charge in [0.15, 0.2) is 15.5 Å². The topological polar surface area (TPSA) is 101 Å². The predicted molar refractivity (Wildman–Crippen MR) is 125 cm³/mol. The van der Waals surface area contributed by atoms with Gasteiger partial charge in [-0.3, -0.25) is 0 Å². The van der Waals surface area contributed by atoms with Gasteiger partial charge < -0.3 is 14.6 Å².